The molecular formula is C10H14N2O3. The quantitative estimate of drug-likeness (QED) is 0.724. The molecule has 1 heterocycles. The first-order valence-electron chi connectivity index (χ1n) is 4.51. The van der Waals surface area contributed by atoms with Crippen LogP contribution in [0.2, 0.25) is 0 Å². The third-order valence-electron chi connectivity index (χ3n) is 2.09. The molecule has 0 amide bonds. The first-order chi connectivity index (χ1) is 7.24. The number of nitrogens with zero attached hydrogens (tertiary/aromatic N) is 1. The van der Waals surface area contributed by atoms with E-state index in [0.29, 0.717) is 11.4 Å². The molecule has 15 heavy (non-hydrogen) atoms. The molecule has 82 valence electrons. The summed E-state index contributed by atoms with van der Waals surface area (Å²) in [5.41, 5.74) is 6.17. The van der Waals surface area contributed by atoms with Gasteiger partial charge in [-0.3, -0.25) is 4.79 Å². The molecule has 0 radical (unpaired) electrons. The Kier molecular flexibility index (Phi) is 4.05. The van der Waals surface area contributed by atoms with Crippen LogP contribution in [0.5, 0.6) is 5.88 Å². The molecule has 0 aromatic carbocycles. The first-order valence-corrected chi connectivity index (χ1v) is 4.51. The van der Waals surface area contributed by atoms with Gasteiger partial charge in [-0.25, -0.2) is 4.98 Å². The first kappa shape index (κ1) is 11.5. The second-order valence-electron chi connectivity index (χ2n) is 2.91. The van der Waals surface area contributed by atoms with Gasteiger partial charge in [0.2, 0.25) is 5.88 Å². The summed E-state index contributed by atoms with van der Waals surface area (Å²) in [6.45, 7) is 0.161. The number of pyridine rings is 1. The minimum absolute atomic E-state index is 0.161. The van der Waals surface area contributed by atoms with E-state index >= 15 is 0 Å². The number of aromatic nitrogens is 1. The molecule has 0 saturated heterocycles. The van der Waals surface area contributed by atoms with E-state index < -0.39 is 5.92 Å². The molecule has 5 nitrogen and oxygen atoms in total. The van der Waals surface area contributed by atoms with Crippen molar-refractivity contribution in [1.29, 1.82) is 0 Å². The van der Waals surface area contributed by atoms with Crippen LogP contribution in [0.4, 0.5) is 0 Å². The molecule has 2 N–H and O–H groups in total. The maximum Gasteiger partial charge on any atom is 0.314 e. The molecule has 0 aliphatic carbocycles. The molecule has 0 aliphatic heterocycles. The molecule has 1 aromatic rings. The van der Waals surface area contributed by atoms with Crippen molar-refractivity contribution in [1.82, 2.24) is 4.98 Å². The standard InChI is InChI=1S/C10H14N2O3/c1-14-9-7(4-3-5-12-9)8(6-11)10(13)15-2/h3-5,8H,6,11H2,1-2H3. The van der Waals surface area contributed by atoms with Crippen molar-refractivity contribution in [2.24, 2.45) is 5.73 Å². The highest BCUT2D eigenvalue weighted by Gasteiger charge is 2.23. The summed E-state index contributed by atoms with van der Waals surface area (Å²) in [6, 6.07) is 3.48. The van der Waals surface area contributed by atoms with Crippen LogP contribution in [0, 0.1) is 0 Å². The third-order valence-corrected chi connectivity index (χ3v) is 2.09. The molecule has 0 spiro atoms. The third kappa shape index (κ3) is 2.44. The topological polar surface area (TPSA) is 74.4 Å². The zero-order valence-corrected chi connectivity index (χ0v) is 8.77. The fourth-order valence-electron chi connectivity index (χ4n) is 1.33. The zero-order chi connectivity index (χ0) is 11.3. The molecule has 1 unspecified atom stereocenters. The van der Waals surface area contributed by atoms with Gasteiger partial charge in [0, 0.05) is 18.3 Å². The fraction of sp³-hybridized carbons (Fsp3) is 0.400. The Hall–Kier alpha value is -1.62. The number of carbonyl (C=O) groups is 1. The van der Waals surface area contributed by atoms with Crippen LogP contribution in [0.3, 0.4) is 0 Å². The van der Waals surface area contributed by atoms with E-state index in [-0.39, 0.29) is 12.5 Å². The molecule has 1 rings (SSSR count). The summed E-state index contributed by atoms with van der Waals surface area (Å²) in [5.74, 6) is -0.513. The highest BCUT2D eigenvalue weighted by Crippen LogP contribution is 2.24. The van der Waals surface area contributed by atoms with Gasteiger partial charge in [0.15, 0.2) is 0 Å². The number of ether oxygens (including phenoxy) is 2. The zero-order valence-electron chi connectivity index (χ0n) is 8.77. The number of carbonyl (C=O) groups excluding carboxylic acids is 1. The summed E-state index contributed by atoms with van der Waals surface area (Å²) in [7, 11) is 2.82. The lowest BCUT2D eigenvalue weighted by Crippen LogP contribution is -2.23. The lowest BCUT2D eigenvalue weighted by molar-refractivity contribution is -0.142. The van der Waals surface area contributed by atoms with Crippen molar-refractivity contribution < 1.29 is 14.3 Å². The molecular weight excluding hydrogens is 196 g/mol. The monoisotopic (exact) mass is 210 g/mol. The highest BCUT2D eigenvalue weighted by atomic mass is 16.5. The Bertz CT molecular complexity index is 341. The maximum absolute atomic E-state index is 11.4. The Balaban J connectivity index is 3.05. The maximum atomic E-state index is 11.4. The Morgan fingerprint density at radius 3 is 2.87 bits per heavy atom. The van der Waals surface area contributed by atoms with E-state index in [4.69, 9.17) is 10.5 Å². The van der Waals surface area contributed by atoms with Gasteiger partial charge in [-0.1, -0.05) is 6.07 Å². The van der Waals surface area contributed by atoms with Crippen molar-refractivity contribution in [3.05, 3.63) is 23.9 Å². The summed E-state index contributed by atoms with van der Waals surface area (Å²) in [5, 5.41) is 0. The molecule has 0 fully saturated rings. The molecule has 0 bridgehead atoms. The van der Waals surface area contributed by atoms with Gasteiger partial charge < -0.3 is 15.2 Å². The Labute approximate surface area is 88.2 Å². The van der Waals surface area contributed by atoms with Crippen LogP contribution in [-0.2, 0) is 9.53 Å². The normalized spacial score (nSPS) is 11.9. The van der Waals surface area contributed by atoms with Crippen LogP contribution in [-0.4, -0.2) is 31.7 Å². The molecule has 1 atom stereocenters. The Morgan fingerprint density at radius 2 is 2.33 bits per heavy atom. The van der Waals surface area contributed by atoms with Gasteiger partial charge in [-0.05, 0) is 6.07 Å². The SMILES string of the molecule is COC(=O)C(CN)c1cccnc1OC. The highest BCUT2D eigenvalue weighted by molar-refractivity contribution is 5.79. The number of methoxy groups -OCH3 is 2. The van der Waals surface area contributed by atoms with Gasteiger partial charge in [-0.2, -0.15) is 0 Å². The van der Waals surface area contributed by atoms with E-state index in [1.165, 1.54) is 14.2 Å². The van der Waals surface area contributed by atoms with Gasteiger partial charge >= 0.3 is 5.97 Å². The molecule has 5 heteroatoms. The molecule has 1 aromatic heterocycles. The van der Waals surface area contributed by atoms with E-state index in [9.17, 15) is 4.79 Å². The van der Waals surface area contributed by atoms with Gasteiger partial charge in [-0.15, -0.1) is 0 Å². The van der Waals surface area contributed by atoms with Crippen LogP contribution in [0.15, 0.2) is 18.3 Å². The van der Waals surface area contributed by atoms with Crippen LogP contribution in [0.25, 0.3) is 0 Å². The van der Waals surface area contributed by atoms with E-state index in [2.05, 4.69) is 9.72 Å². The van der Waals surface area contributed by atoms with Crippen LogP contribution in [0.1, 0.15) is 11.5 Å². The largest absolute Gasteiger partial charge is 0.481 e. The second-order valence-corrected chi connectivity index (χ2v) is 2.91. The summed E-state index contributed by atoms with van der Waals surface area (Å²) in [4.78, 5) is 15.4. The van der Waals surface area contributed by atoms with Crippen molar-refractivity contribution in [2.75, 3.05) is 20.8 Å². The average molecular weight is 210 g/mol. The molecule has 0 saturated carbocycles. The number of esters is 1. The predicted octanol–water partition coefficient (Wildman–Crippen LogP) is 0.305. The number of hydrogen-bond acceptors (Lipinski definition) is 5. The van der Waals surface area contributed by atoms with Crippen molar-refractivity contribution in [2.45, 2.75) is 5.92 Å². The van der Waals surface area contributed by atoms with Gasteiger partial charge in [0.1, 0.15) is 0 Å². The second kappa shape index (κ2) is 5.31. The van der Waals surface area contributed by atoms with Crippen LogP contribution >= 0.6 is 0 Å². The number of rotatable bonds is 4. The summed E-state index contributed by atoms with van der Waals surface area (Å²) in [6.07, 6.45) is 1.59. The minimum atomic E-state index is -0.529. The average Bonchev–Trinajstić information content (AvgIpc) is 2.30. The van der Waals surface area contributed by atoms with E-state index in [1.807, 2.05) is 0 Å². The lowest BCUT2D eigenvalue weighted by Gasteiger charge is -2.14. The minimum Gasteiger partial charge on any atom is -0.481 e. The van der Waals surface area contributed by atoms with Crippen LogP contribution < -0.4 is 10.5 Å². The summed E-state index contributed by atoms with van der Waals surface area (Å²) < 4.78 is 9.70. The predicted molar refractivity (Wildman–Crippen MR) is 54.6 cm³/mol. The smallest absolute Gasteiger partial charge is 0.314 e. The lowest BCUT2D eigenvalue weighted by atomic mass is 10.0. The Morgan fingerprint density at radius 1 is 1.60 bits per heavy atom. The van der Waals surface area contributed by atoms with Gasteiger partial charge in [0.05, 0.1) is 20.1 Å². The molecule has 0 aliphatic rings. The van der Waals surface area contributed by atoms with E-state index in [0.717, 1.165) is 0 Å². The van der Waals surface area contributed by atoms with Crippen molar-refractivity contribution >= 4 is 5.97 Å². The summed E-state index contributed by atoms with van der Waals surface area (Å²) >= 11 is 0. The van der Waals surface area contributed by atoms with E-state index in [1.54, 1.807) is 18.3 Å². The number of nitrogens with two attached hydrogens (primary N) is 1. The number of hydrogen-bond donors (Lipinski definition) is 1. The van der Waals surface area contributed by atoms with Crippen molar-refractivity contribution in [3.63, 3.8) is 0 Å². The van der Waals surface area contributed by atoms with Crippen molar-refractivity contribution in [3.8, 4) is 5.88 Å². The fourth-order valence-corrected chi connectivity index (χ4v) is 1.33. The van der Waals surface area contributed by atoms with Gasteiger partial charge in [0.25, 0.3) is 0 Å².